The summed E-state index contributed by atoms with van der Waals surface area (Å²) in [6.45, 7) is 2.82. The maximum atomic E-state index is 11.5. The van der Waals surface area contributed by atoms with Crippen molar-refractivity contribution in [1.29, 1.82) is 0 Å². The second-order valence-corrected chi connectivity index (χ2v) is 3.26. The number of furan rings is 1. The summed E-state index contributed by atoms with van der Waals surface area (Å²) in [7, 11) is 0. The van der Waals surface area contributed by atoms with Gasteiger partial charge in [0, 0.05) is 11.5 Å². The molecule has 0 atom stereocenters. The molecule has 0 radical (unpaired) electrons. The molecule has 0 aliphatic rings. The number of unbranched alkanes of at least 4 members (excludes halogenated alkanes) is 1. The monoisotopic (exact) mass is 222 g/mol. The minimum absolute atomic E-state index is 0.124. The quantitative estimate of drug-likeness (QED) is 0.347. The Morgan fingerprint density at radius 1 is 1.62 bits per heavy atom. The minimum atomic E-state index is -0.236. The molecular weight excluding hydrogens is 208 g/mol. The molecule has 1 rings (SSSR count). The summed E-state index contributed by atoms with van der Waals surface area (Å²) >= 11 is 0. The van der Waals surface area contributed by atoms with Crippen molar-refractivity contribution in [2.75, 3.05) is 6.54 Å². The number of carbonyl (C=O) groups is 1. The summed E-state index contributed by atoms with van der Waals surface area (Å²) in [5.74, 6) is 0.498. The highest BCUT2D eigenvalue weighted by atomic mass is 16.4. The van der Waals surface area contributed by atoms with Gasteiger partial charge in [0.2, 0.25) is 0 Å². The Morgan fingerprint density at radius 2 is 2.44 bits per heavy atom. The zero-order valence-electron chi connectivity index (χ0n) is 9.14. The van der Waals surface area contributed by atoms with Gasteiger partial charge in [-0.05, 0) is 24.1 Å². The first kappa shape index (κ1) is 12.1. The van der Waals surface area contributed by atoms with Crippen molar-refractivity contribution in [2.45, 2.75) is 26.3 Å². The number of nitrogens with zero attached hydrogens (tertiary/aromatic N) is 3. The van der Waals surface area contributed by atoms with Gasteiger partial charge in [-0.2, -0.15) is 0 Å². The van der Waals surface area contributed by atoms with Crippen LogP contribution in [-0.4, -0.2) is 12.5 Å². The lowest BCUT2D eigenvalue weighted by atomic mass is 10.3. The normalized spacial score (nSPS) is 9.56. The first-order chi connectivity index (χ1) is 7.77. The van der Waals surface area contributed by atoms with E-state index in [2.05, 4.69) is 22.3 Å². The molecule has 0 bridgehead atoms. The van der Waals surface area contributed by atoms with Crippen LogP contribution >= 0.6 is 0 Å². The van der Waals surface area contributed by atoms with Crippen LogP contribution in [0.2, 0.25) is 0 Å². The summed E-state index contributed by atoms with van der Waals surface area (Å²) in [4.78, 5) is 14.1. The fourth-order valence-corrected chi connectivity index (χ4v) is 1.15. The highest BCUT2D eigenvalue weighted by Crippen LogP contribution is 2.09. The van der Waals surface area contributed by atoms with Crippen LogP contribution in [0.4, 0.5) is 0 Å². The average molecular weight is 222 g/mol. The molecule has 0 saturated heterocycles. The van der Waals surface area contributed by atoms with Crippen molar-refractivity contribution in [1.82, 2.24) is 5.32 Å². The predicted molar refractivity (Wildman–Crippen MR) is 58.8 cm³/mol. The first-order valence-corrected chi connectivity index (χ1v) is 5.15. The van der Waals surface area contributed by atoms with Gasteiger partial charge in [-0.1, -0.05) is 18.5 Å². The zero-order valence-corrected chi connectivity index (χ0v) is 9.14. The fourth-order valence-electron chi connectivity index (χ4n) is 1.15. The van der Waals surface area contributed by atoms with Crippen LogP contribution in [0.1, 0.15) is 36.1 Å². The van der Waals surface area contributed by atoms with Gasteiger partial charge in [0.05, 0.1) is 6.54 Å². The SMILES string of the molecule is CCCCNC(=O)c1ccc(CN=[N+]=[N-])o1. The molecule has 6 heteroatoms. The number of carbonyl (C=O) groups excluding carboxylic acids is 1. The smallest absolute Gasteiger partial charge is 0.286 e. The Hall–Kier alpha value is -1.94. The lowest BCUT2D eigenvalue weighted by Gasteiger charge is -2.00. The summed E-state index contributed by atoms with van der Waals surface area (Å²) in [6, 6.07) is 3.20. The van der Waals surface area contributed by atoms with E-state index >= 15 is 0 Å². The maximum absolute atomic E-state index is 11.5. The summed E-state index contributed by atoms with van der Waals surface area (Å²) in [5.41, 5.74) is 8.12. The van der Waals surface area contributed by atoms with Gasteiger partial charge < -0.3 is 9.73 Å². The van der Waals surface area contributed by atoms with E-state index in [0.717, 1.165) is 12.8 Å². The van der Waals surface area contributed by atoms with Crippen LogP contribution in [0.25, 0.3) is 10.4 Å². The third-order valence-corrected chi connectivity index (χ3v) is 1.99. The molecule has 1 aromatic heterocycles. The average Bonchev–Trinajstić information content (AvgIpc) is 2.75. The van der Waals surface area contributed by atoms with Crippen LogP contribution in [0.5, 0.6) is 0 Å². The third kappa shape index (κ3) is 3.67. The molecule has 0 unspecified atom stereocenters. The molecule has 0 saturated carbocycles. The Kier molecular flexibility index (Phi) is 4.95. The second kappa shape index (κ2) is 6.53. The van der Waals surface area contributed by atoms with E-state index in [9.17, 15) is 4.79 Å². The van der Waals surface area contributed by atoms with Gasteiger partial charge in [0.1, 0.15) is 5.76 Å². The van der Waals surface area contributed by atoms with E-state index in [4.69, 9.17) is 9.95 Å². The van der Waals surface area contributed by atoms with Crippen molar-refractivity contribution in [2.24, 2.45) is 5.11 Å². The van der Waals surface area contributed by atoms with Crippen molar-refractivity contribution in [3.63, 3.8) is 0 Å². The highest BCUT2D eigenvalue weighted by molar-refractivity contribution is 5.91. The summed E-state index contributed by atoms with van der Waals surface area (Å²) < 4.78 is 5.20. The van der Waals surface area contributed by atoms with Crippen LogP contribution in [0.3, 0.4) is 0 Å². The number of nitrogens with one attached hydrogen (secondary N) is 1. The van der Waals surface area contributed by atoms with Crippen molar-refractivity contribution < 1.29 is 9.21 Å². The molecule has 86 valence electrons. The molecule has 1 amide bonds. The van der Waals surface area contributed by atoms with Gasteiger partial charge in [-0.15, -0.1) is 0 Å². The molecule has 1 aromatic rings. The van der Waals surface area contributed by atoms with Crippen molar-refractivity contribution >= 4 is 5.91 Å². The minimum Gasteiger partial charge on any atom is -0.456 e. The third-order valence-electron chi connectivity index (χ3n) is 1.99. The molecule has 0 aliphatic carbocycles. The van der Waals surface area contributed by atoms with Gasteiger partial charge in [0.15, 0.2) is 5.76 Å². The summed E-state index contributed by atoms with van der Waals surface area (Å²) in [5, 5.41) is 6.08. The standard InChI is InChI=1S/C10H14N4O2/c1-2-3-6-12-10(15)9-5-4-8(16-9)7-13-14-11/h4-5H,2-3,6-7H2,1H3,(H,12,15). The van der Waals surface area contributed by atoms with Gasteiger partial charge in [0.25, 0.3) is 5.91 Å². The zero-order chi connectivity index (χ0) is 11.8. The van der Waals surface area contributed by atoms with Crippen LogP contribution in [-0.2, 0) is 6.54 Å². The van der Waals surface area contributed by atoms with Gasteiger partial charge >= 0.3 is 0 Å². The molecule has 0 aliphatic heterocycles. The Bertz CT molecular complexity index is 393. The molecule has 1 N–H and O–H groups in total. The molecule has 1 heterocycles. The van der Waals surface area contributed by atoms with E-state index in [1.54, 1.807) is 12.1 Å². The fraction of sp³-hybridized carbons (Fsp3) is 0.500. The van der Waals surface area contributed by atoms with Gasteiger partial charge in [-0.3, -0.25) is 4.79 Å². The number of amides is 1. The van der Waals surface area contributed by atoms with Crippen LogP contribution in [0.15, 0.2) is 21.7 Å². The molecular formula is C10H14N4O2. The van der Waals surface area contributed by atoms with E-state index in [-0.39, 0.29) is 18.2 Å². The van der Waals surface area contributed by atoms with Crippen LogP contribution < -0.4 is 5.32 Å². The lowest BCUT2D eigenvalue weighted by molar-refractivity contribution is 0.0923. The van der Waals surface area contributed by atoms with E-state index in [1.165, 1.54) is 0 Å². The number of hydrogen-bond donors (Lipinski definition) is 1. The van der Waals surface area contributed by atoms with E-state index in [0.29, 0.717) is 12.3 Å². The maximum Gasteiger partial charge on any atom is 0.286 e. The van der Waals surface area contributed by atoms with E-state index in [1.807, 2.05) is 0 Å². The van der Waals surface area contributed by atoms with Gasteiger partial charge in [-0.25, -0.2) is 0 Å². The topological polar surface area (TPSA) is 91.0 Å². The number of rotatable bonds is 6. The van der Waals surface area contributed by atoms with Crippen LogP contribution in [0, 0.1) is 0 Å². The van der Waals surface area contributed by atoms with Crippen molar-refractivity contribution in [3.05, 3.63) is 34.1 Å². The number of hydrogen-bond acceptors (Lipinski definition) is 3. The molecule has 6 nitrogen and oxygen atoms in total. The first-order valence-electron chi connectivity index (χ1n) is 5.15. The Morgan fingerprint density at radius 3 is 3.12 bits per heavy atom. The molecule has 0 aromatic carbocycles. The largest absolute Gasteiger partial charge is 0.456 e. The lowest BCUT2D eigenvalue weighted by Crippen LogP contribution is -2.23. The van der Waals surface area contributed by atoms with Crippen molar-refractivity contribution in [3.8, 4) is 0 Å². The predicted octanol–water partition coefficient (Wildman–Crippen LogP) is 2.62. The second-order valence-electron chi connectivity index (χ2n) is 3.26. The number of azide groups is 1. The molecule has 16 heavy (non-hydrogen) atoms. The molecule has 0 spiro atoms. The Labute approximate surface area is 93.3 Å². The molecule has 0 fully saturated rings. The summed E-state index contributed by atoms with van der Waals surface area (Å²) in [6.07, 6.45) is 1.97. The Balaban J connectivity index is 2.49. The highest BCUT2D eigenvalue weighted by Gasteiger charge is 2.09. The van der Waals surface area contributed by atoms with E-state index < -0.39 is 0 Å².